The van der Waals surface area contributed by atoms with Crippen molar-refractivity contribution < 1.29 is 4.74 Å². The Hall–Kier alpha value is -1.49. The highest BCUT2D eigenvalue weighted by Crippen LogP contribution is 2.26. The SMILES string of the molecule is COc1ccc(N)c(N2CCN(C(C)(C)C)CC2)n1. The van der Waals surface area contributed by atoms with Crippen molar-refractivity contribution in [3.63, 3.8) is 0 Å². The lowest BCUT2D eigenvalue weighted by atomic mass is 10.0. The Balaban J connectivity index is 2.09. The fourth-order valence-corrected chi connectivity index (χ4v) is 2.40. The Labute approximate surface area is 115 Å². The predicted molar refractivity (Wildman–Crippen MR) is 78.7 cm³/mol. The van der Waals surface area contributed by atoms with Gasteiger partial charge < -0.3 is 15.4 Å². The summed E-state index contributed by atoms with van der Waals surface area (Å²) in [6.45, 7) is 10.7. The van der Waals surface area contributed by atoms with Gasteiger partial charge in [0.25, 0.3) is 0 Å². The molecule has 1 aliphatic rings. The van der Waals surface area contributed by atoms with Crippen LogP contribution in [0, 0.1) is 0 Å². The first-order chi connectivity index (χ1) is 8.91. The Kier molecular flexibility index (Phi) is 3.85. The maximum absolute atomic E-state index is 6.02. The molecule has 0 bridgehead atoms. The Bertz CT molecular complexity index is 434. The summed E-state index contributed by atoms with van der Waals surface area (Å²) in [6, 6.07) is 3.65. The predicted octanol–water partition coefficient (Wildman–Crippen LogP) is 1.59. The fourth-order valence-electron chi connectivity index (χ4n) is 2.40. The number of hydrogen-bond donors (Lipinski definition) is 1. The molecule has 1 aromatic rings. The van der Waals surface area contributed by atoms with E-state index in [9.17, 15) is 0 Å². The lowest BCUT2D eigenvalue weighted by Gasteiger charge is -2.42. The van der Waals surface area contributed by atoms with Gasteiger partial charge >= 0.3 is 0 Å². The molecule has 19 heavy (non-hydrogen) atoms. The number of nitrogens with zero attached hydrogens (tertiary/aromatic N) is 3. The van der Waals surface area contributed by atoms with E-state index in [4.69, 9.17) is 10.5 Å². The quantitative estimate of drug-likeness (QED) is 0.879. The summed E-state index contributed by atoms with van der Waals surface area (Å²) in [5.41, 5.74) is 6.96. The molecular weight excluding hydrogens is 240 g/mol. The summed E-state index contributed by atoms with van der Waals surface area (Å²) in [5, 5.41) is 0. The molecule has 2 rings (SSSR count). The smallest absolute Gasteiger partial charge is 0.215 e. The Morgan fingerprint density at radius 2 is 1.79 bits per heavy atom. The Morgan fingerprint density at radius 3 is 2.32 bits per heavy atom. The minimum Gasteiger partial charge on any atom is -0.481 e. The van der Waals surface area contributed by atoms with E-state index in [0.29, 0.717) is 11.6 Å². The molecule has 1 saturated heterocycles. The maximum Gasteiger partial charge on any atom is 0.215 e. The van der Waals surface area contributed by atoms with Gasteiger partial charge in [0.15, 0.2) is 5.82 Å². The van der Waals surface area contributed by atoms with Crippen LogP contribution in [0.2, 0.25) is 0 Å². The minimum absolute atomic E-state index is 0.222. The molecule has 2 heterocycles. The second-order valence-electron chi connectivity index (χ2n) is 5.91. The number of anilines is 2. The number of methoxy groups -OCH3 is 1. The lowest BCUT2D eigenvalue weighted by Crippen LogP contribution is -2.53. The van der Waals surface area contributed by atoms with Crippen LogP contribution in [-0.4, -0.2) is 48.7 Å². The van der Waals surface area contributed by atoms with Crippen molar-refractivity contribution in [3.05, 3.63) is 12.1 Å². The molecule has 0 unspecified atom stereocenters. The van der Waals surface area contributed by atoms with Gasteiger partial charge in [-0.25, -0.2) is 0 Å². The number of aromatic nitrogens is 1. The van der Waals surface area contributed by atoms with Gasteiger partial charge in [-0.1, -0.05) is 0 Å². The van der Waals surface area contributed by atoms with Crippen molar-refractivity contribution in [1.29, 1.82) is 0 Å². The summed E-state index contributed by atoms with van der Waals surface area (Å²) in [6.07, 6.45) is 0. The van der Waals surface area contributed by atoms with E-state index in [0.717, 1.165) is 32.0 Å². The van der Waals surface area contributed by atoms with Crippen LogP contribution in [0.15, 0.2) is 12.1 Å². The highest BCUT2D eigenvalue weighted by atomic mass is 16.5. The van der Waals surface area contributed by atoms with Crippen LogP contribution in [0.5, 0.6) is 5.88 Å². The van der Waals surface area contributed by atoms with Crippen LogP contribution in [0.4, 0.5) is 11.5 Å². The molecule has 0 aromatic carbocycles. The normalized spacial score (nSPS) is 17.6. The number of piperazine rings is 1. The lowest BCUT2D eigenvalue weighted by molar-refractivity contribution is 0.128. The second kappa shape index (κ2) is 5.25. The van der Waals surface area contributed by atoms with Gasteiger partial charge in [0, 0.05) is 37.8 Å². The molecule has 2 N–H and O–H groups in total. The topological polar surface area (TPSA) is 54.6 Å². The van der Waals surface area contributed by atoms with Gasteiger partial charge in [-0.05, 0) is 26.8 Å². The first-order valence-corrected chi connectivity index (χ1v) is 6.72. The third-order valence-electron chi connectivity index (χ3n) is 3.62. The van der Waals surface area contributed by atoms with E-state index in [2.05, 4.69) is 35.6 Å². The van der Waals surface area contributed by atoms with Crippen molar-refractivity contribution in [2.75, 3.05) is 43.9 Å². The van der Waals surface area contributed by atoms with Gasteiger partial charge in [-0.3, -0.25) is 4.90 Å². The highest BCUT2D eigenvalue weighted by Gasteiger charge is 2.27. The monoisotopic (exact) mass is 264 g/mol. The number of hydrogen-bond acceptors (Lipinski definition) is 5. The zero-order chi connectivity index (χ0) is 14.0. The molecule has 0 aliphatic carbocycles. The molecule has 0 spiro atoms. The number of nitrogen functional groups attached to an aromatic ring is 1. The Morgan fingerprint density at radius 1 is 1.16 bits per heavy atom. The van der Waals surface area contributed by atoms with Crippen LogP contribution in [0.25, 0.3) is 0 Å². The van der Waals surface area contributed by atoms with Crippen LogP contribution in [0.1, 0.15) is 20.8 Å². The number of pyridine rings is 1. The zero-order valence-electron chi connectivity index (χ0n) is 12.3. The fraction of sp³-hybridized carbons (Fsp3) is 0.643. The van der Waals surface area contributed by atoms with Crippen molar-refractivity contribution in [2.45, 2.75) is 26.3 Å². The molecule has 0 amide bonds. The number of ether oxygens (including phenoxy) is 1. The summed E-state index contributed by atoms with van der Waals surface area (Å²) in [4.78, 5) is 9.18. The zero-order valence-corrected chi connectivity index (χ0v) is 12.3. The number of rotatable bonds is 2. The molecule has 0 atom stereocenters. The maximum atomic E-state index is 6.02. The molecule has 1 fully saturated rings. The summed E-state index contributed by atoms with van der Waals surface area (Å²) >= 11 is 0. The average Bonchev–Trinajstić information content (AvgIpc) is 2.38. The first-order valence-electron chi connectivity index (χ1n) is 6.72. The summed E-state index contributed by atoms with van der Waals surface area (Å²) < 4.78 is 5.17. The highest BCUT2D eigenvalue weighted by molar-refractivity contribution is 5.63. The van der Waals surface area contributed by atoms with Crippen LogP contribution in [0.3, 0.4) is 0 Å². The first kappa shape index (κ1) is 13.9. The second-order valence-corrected chi connectivity index (χ2v) is 5.91. The van der Waals surface area contributed by atoms with Crippen LogP contribution < -0.4 is 15.4 Å². The van der Waals surface area contributed by atoms with E-state index in [1.54, 1.807) is 13.2 Å². The largest absolute Gasteiger partial charge is 0.481 e. The third kappa shape index (κ3) is 3.10. The average molecular weight is 264 g/mol. The van der Waals surface area contributed by atoms with Crippen molar-refractivity contribution in [2.24, 2.45) is 0 Å². The molecule has 0 radical (unpaired) electrons. The van der Waals surface area contributed by atoms with Gasteiger partial charge in [-0.15, -0.1) is 0 Å². The number of nitrogens with two attached hydrogens (primary N) is 1. The van der Waals surface area contributed by atoms with Crippen LogP contribution >= 0.6 is 0 Å². The standard InChI is InChI=1S/C14H24N4O/c1-14(2,3)18-9-7-17(8-10-18)13-11(15)5-6-12(16-13)19-4/h5-6H,7-10,15H2,1-4H3. The van der Waals surface area contributed by atoms with E-state index >= 15 is 0 Å². The van der Waals surface area contributed by atoms with E-state index in [-0.39, 0.29) is 5.54 Å². The van der Waals surface area contributed by atoms with Gasteiger partial charge in [-0.2, -0.15) is 4.98 Å². The van der Waals surface area contributed by atoms with E-state index in [1.807, 2.05) is 6.07 Å². The van der Waals surface area contributed by atoms with Crippen molar-refractivity contribution in [3.8, 4) is 5.88 Å². The van der Waals surface area contributed by atoms with Crippen LogP contribution in [-0.2, 0) is 0 Å². The van der Waals surface area contributed by atoms with E-state index in [1.165, 1.54) is 0 Å². The summed E-state index contributed by atoms with van der Waals surface area (Å²) in [7, 11) is 1.62. The van der Waals surface area contributed by atoms with Crippen molar-refractivity contribution in [1.82, 2.24) is 9.88 Å². The molecular formula is C14H24N4O. The molecule has 106 valence electrons. The third-order valence-corrected chi connectivity index (χ3v) is 3.62. The molecule has 1 aliphatic heterocycles. The summed E-state index contributed by atoms with van der Waals surface area (Å²) in [5.74, 6) is 1.45. The van der Waals surface area contributed by atoms with Gasteiger partial charge in [0.2, 0.25) is 5.88 Å². The molecule has 1 aromatic heterocycles. The van der Waals surface area contributed by atoms with Crippen molar-refractivity contribution >= 4 is 11.5 Å². The molecule has 0 saturated carbocycles. The minimum atomic E-state index is 0.222. The van der Waals surface area contributed by atoms with Gasteiger partial charge in [0.1, 0.15) is 0 Å². The molecule has 5 heteroatoms. The van der Waals surface area contributed by atoms with Gasteiger partial charge in [0.05, 0.1) is 12.8 Å². The van der Waals surface area contributed by atoms with E-state index < -0.39 is 0 Å². The molecule has 5 nitrogen and oxygen atoms in total.